The van der Waals surface area contributed by atoms with E-state index in [-0.39, 0.29) is 29.5 Å². The Hall–Kier alpha value is -3.12. The molecule has 2 atom stereocenters. The van der Waals surface area contributed by atoms with Crippen LogP contribution >= 0.6 is 11.6 Å². The lowest BCUT2D eigenvalue weighted by Crippen LogP contribution is -2.32. The molecule has 0 radical (unpaired) electrons. The van der Waals surface area contributed by atoms with E-state index in [1.165, 1.54) is 0 Å². The highest BCUT2D eigenvalue weighted by atomic mass is 35.5. The number of allylic oxidation sites excluding steroid dienone is 1. The zero-order valence-corrected chi connectivity index (χ0v) is 17.8. The number of amidine groups is 1. The summed E-state index contributed by atoms with van der Waals surface area (Å²) in [5.41, 5.74) is 12.4. The first-order chi connectivity index (χ1) is 14.9. The molecule has 0 spiro atoms. The van der Waals surface area contributed by atoms with Gasteiger partial charge in [0.1, 0.15) is 11.0 Å². The quantitative estimate of drug-likeness (QED) is 0.717. The van der Waals surface area contributed by atoms with E-state index in [0.717, 1.165) is 43.9 Å². The third-order valence-electron chi connectivity index (χ3n) is 5.81. The van der Waals surface area contributed by atoms with E-state index >= 15 is 0 Å². The average molecular weight is 442 g/mol. The van der Waals surface area contributed by atoms with Gasteiger partial charge in [0.25, 0.3) is 5.91 Å². The number of ether oxygens (including phenoxy) is 1. The number of pyridine rings is 1. The number of halogens is 1. The number of hydrogen-bond acceptors (Lipinski definition) is 8. The fourth-order valence-electron chi connectivity index (χ4n) is 3.84. The molecular formula is C21H24ClN7O2. The number of anilines is 1. The average Bonchev–Trinajstić information content (AvgIpc) is 3.55. The topological polar surface area (TPSA) is 143 Å². The molecule has 2 aliphatic heterocycles. The van der Waals surface area contributed by atoms with E-state index in [2.05, 4.69) is 25.9 Å². The molecule has 31 heavy (non-hydrogen) atoms. The molecule has 0 aromatic carbocycles. The van der Waals surface area contributed by atoms with Gasteiger partial charge in [0.15, 0.2) is 5.69 Å². The van der Waals surface area contributed by atoms with Crippen LogP contribution in [0.3, 0.4) is 0 Å². The van der Waals surface area contributed by atoms with Crippen LogP contribution in [-0.4, -0.2) is 46.7 Å². The summed E-state index contributed by atoms with van der Waals surface area (Å²) in [5, 5.41) is 9.36. The number of nitrogens with zero attached hydrogens (tertiary/aromatic N) is 5. The summed E-state index contributed by atoms with van der Waals surface area (Å²) in [6.07, 6.45) is 4.98. The molecule has 3 heterocycles. The summed E-state index contributed by atoms with van der Waals surface area (Å²) in [6.45, 7) is 1.95. The molecule has 3 aliphatic rings. The molecule has 1 saturated carbocycles. The summed E-state index contributed by atoms with van der Waals surface area (Å²) in [5.74, 6) is 0.677. The summed E-state index contributed by atoms with van der Waals surface area (Å²) in [7, 11) is 0. The number of likely N-dealkylation sites (tertiary alicyclic amines) is 1. The van der Waals surface area contributed by atoms with Gasteiger partial charge in [-0.15, -0.1) is 0 Å². The number of aliphatic imine (C=N–C) groups is 2. The Morgan fingerprint density at radius 2 is 2.10 bits per heavy atom. The summed E-state index contributed by atoms with van der Waals surface area (Å²) in [4.78, 5) is 26.9. The van der Waals surface area contributed by atoms with Crippen LogP contribution < -0.4 is 11.5 Å². The fraction of sp³-hybridized carbons (Fsp3) is 0.476. The normalized spacial score (nSPS) is 23.7. The van der Waals surface area contributed by atoms with Gasteiger partial charge in [0, 0.05) is 37.0 Å². The number of carbonyl (C=O) groups excluding carboxylic acids is 1. The molecule has 2 fully saturated rings. The Bertz CT molecular complexity index is 1010. The lowest BCUT2D eigenvalue weighted by molar-refractivity contribution is 0.0996. The van der Waals surface area contributed by atoms with Crippen molar-refractivity contribution in [3.8, 4) is 6.07 Å². The van der Waals surface area contributed by atoms with Crippen molar-refractivity contribution in [2.45, 2.75) is 31.6 Å². The number of nitriles is 1. The molecule has 162 valence electrons. The molecule has 1 aromatic heterocycles. The number of amides is 1. The molecule has 4 N–H and O–H groups in total. The molecule has 1 amide bonds. The van der Waals surface area contributed by atoms with Crippen LogP contribution in [0.25, 0.3) is 0 Å². The van der Waals surface area contributed by atoms with Crippen LogP contribution in [0, 0.1) is 23.2 Å². The van der Waals surface area contributed by atoms with Crippen molar-refractivity contribution in [2.24, 2.45) is 27.6 Å². The van der Waals surface area contributed by atoms with Gasteiger partial charge in [-0.25, -0.2) is 4.98 Å². The summed E-state index contributed by atoms with van der Waals surface area (Å²) >= 11 is 6.18. The van der Waals surface area contributed by atoms with Crippen molar-refractivity contribution in [2.75, 3.05) is 25.4 Å². The Balaban J connectivity index is 1.39. The van der Waals surface area contributed by atoms with Crippen LogP contribution in [-0.2, 0) is 4.74 Å². The third kappa shape index (κ3) is 4.97. The highest BCUT2D eigenvalue weighted by molar-refractivity contribution is 6.66. The van der Waals surface area contributed by atoms with E-state index < -0.39 is 5.91 Å². The number of carbonyl (C=O) groups is 1. The summed E-state index contributed by atoms with van der Waals surface area (Å²) < 4.78 is 5.74. The highest BCUT2D eigenvalue weighted by Gasteiger charge is 2.38. The predicted molar refractivity (Wildman–Crippen MR) is 117 cm³/mol. The van der Waals surface area contributed by atoms with Crippen LogP contribution in [0.1, 0.15) is 47.8 Å². The lowest BCUT2D eigenvalue weighted by Gasteiger charge is -2.33. The van der Waals surface area contributed by atoms with Gasteiger partial charge in [-0.2, -0.15) is 15.2 Å². The molecule has 0 bridgehead atoms. The van der Waals surface area contributed by atoms with Crippen LogP contribution in [0.2, 0.25) is 0 Å². The maximum atomic E-state index is 11.5. The third-order valence-corrected chi connectivity index (χ3v) is 6.05. The van der Waals surface area contributed by atoms with Gasteiger partial charge in [-0.3, -0.25) is 4.79 Å². The Morgan fingerprint density at radius 3 is 2.77 bits per heavy atom. The van der Waals surface area contributed by atoms with Gasteiger partial charge in [-0.1, -0.05) is 11.6 Å². The monoisotopic (exact) mass is 441 g/mol. The number of piperidine rings is 1. The van der Waals surface area contributed by atoms with E-state index in [9.17, 15) is 4.79 Å². The standard InChI is InChI=1S/C21H24ClN7O2/c22-17-3-4-18(28-21(27-17)31-11-14-9-13(14)10-23)29-7-5-12(6-8-29)16-2-1-15(24)19(26-16)20(25)30/h1-2,4,12-14H,3,5-9,11,24H2,(H2,25,30)/t13-,14+/m1/s1. The first-order valence-electron chi connectivity index (χ1n) is 10.3. The summed E-state index contributed by atoms with van der Waals surface area (Å²) in [6, 6.07) is 6.04. The van der Waals surface area contributed by atoms with Gasteiger partial charge in [0.2, 0.25) is 0 Å². The first kappa shape index (κ1) is 21.1. The van der Waals surface area contributed by atoms with E-state index in [1.807, 2.05) is 12.1 Å². The first-order valence-corrected chi connectivity index (χ1v) is 10.7. The van der Waals surface area contributed by atoms with Gasteiger partial charge in [-0.05, 0) is 37.5 Å². The molecule has 1 saturated heterocycles. The van der Waals surface area contributed by atoms with Crippen LogP contribution in [0.15, 0.2) is 34.0 Å². The molecule has 1 aliphatic carbocycles. The van der Waals surface area contributed by atoms with Crippen molar-refractivity contribution in [1.29, 1.82) is 5.26 Å². The maximum Gasteiger partial charge on any atom is 0.319 e. The second-order valence-corrected chi connectivity index (χ2v) is 8.43. The van der Waals surface area contributed by atoms with Crippen molar-refractivity contribution in [3.05, 3.63) is 35.4 Å². The number of aromatic nitrogens is 1. The van der Waals surface area contributed by atoms with Gasteiger partial charge in [0.05, 0.1) is 24.3 Å². The fourth-order valence-corrected chi connectivity index (χ4v) is 3.99. The SMILES string of the molecule is N#C[C@H]1C[C@H]1COC1=NC(N2CCC(c3ccc(N)c(C(N)=O)n3)CC2)=CCC(Cl)=N1. The van der Waals surface area contributed by atoms with Gasteiger partial charge < -0.3 is 21.1 Å². The van der Waals surface area contributed by atoms with Crippen LogP contribution in [0.5, 0.6) is 0 Å². The number of nitrogens with two attached hydrogens (primary N) is 2. The predicted octanol–water partition coefficient (Wildman–Crippen LogP) is 2.36. The van der Waals surface area contributed by atoms with E-state index in [1.54, 1.807) is 6.07 Å². The number of hydrogen-bond donors (Lipinski definition) is 2. The van der Waals surface area contributed by atoms with Crippen molar-refractivity contribution < 1.29 is 9.53 Å². The minimum absolute atomic E-state index is 0.0666. The molecule has 10 heteroatoms. The molecular weight excluding hydrogens is 418 g/mol. The number of rotatable bonds is 5. The smallest absolute Gasteiger partial charge is 0.319 e. The number of primary amides is 1. The zero-order chi connectivity index (χ0) is 22.0. The second kappa shape index (κ2) is 8.94. The van der Waals surface area contributed by atoms with E-state index in [0.29, 0.717) is 23.9 Å². The van der Waals surface area contributed by atoms with Crippen molar-refractivity contribution in [1.82, 2.24) is 9.88 Å². The molecule has 0 unspecified atom stereocenters. The van der Waals surface area contributed by atoms with Crippen LogP contribution in [0.4, 0.5) is 5.69 Å². The van der Waals surface area contributed by atoms with Crippen molar-refractivity contribution >= 4 is 34.4 Å². The van der Waals surface area contributed by atoms with Gasteiger partial charge >= 0.3 is 6.02 Å². The minimum Gasteiger partial charge on any atom is -0.463 e. The maximum absolute atomic E-state index is 11.5. The lowest BCUT2D eigenvalue weighted by atomic mass is 9.92. The zero-order valence-electron chi connectivity index (χ0n) is 17.0. The molecule has 4 rings (SSSR count). The second-order valence-electron chi connectivity index (χ2n) is 7.99. The highest BCUT2D eigenvalue weighted by Crippen LogP contribution is 2.38. The number of nitrogen functional groups attached to an aromatic ring is 1. The molecule has 9 nitrogen and oxygen atoms in total. The minimum atomic E-state index is -0.619. The molecule has 1 aromatic rings. The van der Waals surface area contributed by atoms with E-state index in [4.69, 9.17) is 33.1 Å². The Labute approximate surface area is 185 Å². The largest absolute Gasteiger partial charge is 0.463 e. The Morgan fingerprint density at radius 1 is 1.32 bits per heavy atom. The Kier molecular flexibility index (Phi) is 6.09. The van der Waals surface area contributed by atoms with Crippen molar-refractivity contribution in [3.63, 3.8) is 0 Å².